The van der Waals surface area contributed by atoms with Crippen LogP contribution in [0.1, 0.15) is 50.1 Å². The Hall–Kier alpha value is -2.85. The first kappa shape index (κ1) is 24.8. The molecular formula is C26H34F2N6O2. The number of carbonyl (C=O) groups is 1. The molecule has 2 aromatic rings. The number of rotatable bonds is 9. The van der Waals surface area contributed by atoms with Gasteiger partial charge in [0.15, 0.2) is 0 Å². The van der Waals surface area contributed by atoms with Crippen LogP contribution in [-0.2, 0) is 11.3 Å². The molecule has 3 aliphatic heterocycles. The third-order valence-electron chi connectivity index (χ3n) is 7.69. The van der Waals surface area contributed by atoms with Crippen LogP contribution in [0.15, 0.2) is 47.8 Å². The number of halogens is 2. The first-order valence-corrected chi connectivity index (χ1v) is 12.8. The summed E-state index contributed by atoms with van der Waals surface area (Å²) in [5.41, 5.74) is 1.37. The molecule has 1 unspecified atom stereocenters. The van der Waals surface area contributed by atoms with Crippen molar-refractivity contribution in [1.29, 1.82) is 0 Å². The van der Waals surface area contributed by atoms with Gasteiger partial charge in [0, 0.05) is 44.7 Å². The third kappa shape index (κ3) is 5.59. The van der Waals surface area contributed by atoms with E-state index in [-0.39, 0.29) is 18.4 Å². The van der Waals surface area contributed by atoms with Gasteiger partial charge in [0.1, 0.15) is 6.04 Å². The summed E-state index contributed by atoms with van der Waals surface area (Å²) in [5, 5.41) is 21.8. The number of likely N-dealkylation sites (tertiary alicyclic amines) is 2. The maximum Gasteiger partial charge on any atom is 0.261 e. The van der Waals surface area contributed by atoms with Crippen LogP contribution in [0.5, 0.6) is 0 Å². The van der Waals surface area contributed by atoms with Crippen LogP contribution in [-0.4, -0.2) is 81.1 Å². The topological polar surface area (TPSA) is 77.2 Å². The van der Waals surface area contributed by atoms with E-state index < -0.39 is 18.1 Å². The maximum atomic E-state index is 13.5. The molecule has 0 saturated carbocycles. The van der Waals surface area contributed by atoms with E-state index in [0.717, 1.165) is 23.3 Å². The molecule has 1 N–H and O–H groups in total. The van der Waals surface area contributed by atoms with Gasteiger partial charge in [0.25, 0.3) is 6.43 Å². The highest BCUT2D eigenvalue weighted by Gasteiger charge is 2.39. The smallest absolute Gasteiger partial charge is 0.261 e. The van der Waals surface area contributed by atoms with Gasteiger partial charge in [0.05, 0.1) is 23.8 Å². The van der Waals surface area contributed by atoms with Crippen molar-refractivity contribution in [2.24, 2.45) is 5.10 Å². The van der Waals surface area contributed by atoms with Crippen molar-refractivity contribution in [2.45, 2.75) is 69.2 Å². The number of hydrogen-bond acceptors (Lipinski definition) is 6. The Morgan fingerprint density at radius 2 is 1.89 bits per heavy atom. The Balaban J connectivity index is 1.14. The Morgan fingerprint density at radius 1 is 1.14 bits per heavy atom. The highest BCUT2D eigenvalue weighted by Crippen LogP contribution is 2.34. The van der Waals surface area contributed by atoms with Gasteiger partial charge < -0.3 is 10.0 Å². The Bertz CT molecular complexity index is 1030. The zero-order valence-corrected chi connectivity index (χ0v) is 20.4. The summed E-state index contributed by atoms with van der Waals surface area (Å²) in [6.07, 6.45) is 5.17. The number of piperidine rings is 1. The molecule has 0 bridgehead atoms. The minimum Gasteiger partial charge on any atom is -0.390 e. The molecule has 1 amide bonds. The average Bonchev–Trinajstić information content (AvgIpc) is 3.53. The Labute approximate surface area is 210 Å². The van der Waals surface area contributed by atoms with Crippen LogP contribution in [0, 0.1) is 0 Å². The summed E-state index contributed by atoms with van der Waals surface area (Å²) in [7, 11) is 0. The maximum absolute atomic E-state index is 13.5. The lowest BCUT2D eigenvalue weighted by molar-refractivity contribution is -0.138. The number of anilines is 1. The fourth-order valence-corrected chi connectivity index (χ4v) is 5.35. The van der Waals surface area contributed by atoms with Crippen LogP contribution < -0.4 is 5.01 Å². The molecule has 3 aliphatic rings. The molecule has 0 aliphatic carbocycles. The number of hydrogen-bond donors (Lipinski definition) is 1. The number of hydrazone groups is 1. The van der Waals surface area contributed by atoms with Crippen LogP contribution in [0.3, 0.4) is 0 Å². The van der Waals surface area contributed by atoms with Crippen molar-refractivity contribution in [3.05, 3.63) is 48.3 Å². The molecule has 194 valence electrons. The van der Waals surface area contributed by atoms with Crippen LogP contribution in [0.4, 0.5) is 14.5 Å². The second-order valence-corrected chi connectivity index (χ2v) is 10.2. The number of amides is 1. The lowest BCUT2D eigenvalue weighted by Gasteiger charge is -2.41. The van der Waals surface area contributed by atoms with Crippen molar-refractivity contribution < 1.29 is 18.7 Å². The third-order valence-corrected chi connectivity index (χ3v) is 7.69. The molecule has 5 rings (SSSR count). The molecule has 8 nitrogen and oxygen atoms in total. The SMILES string of the molecule is O=C(C[C@H](C(F)F)n1cccn1)N1CCC(O)(CC2CC=NN2c2ccc(CN3CCC3)cc2)CC1. The number of alkyl halides is 2. The standard InChI is InChI=1S/C26H34F2N6O2/c27-25(28)23(33-14-1-10-29-33)17-24(35)32-15-8-26(36,9-16-32)18-22-7-11-30-34(22)21-5-3-20(4-6-21)19-31-12-2-13-31/h1,3-6,10-11,14,22-23,25,36H,2,7-9,12-13,15-19H2/t22?,23-/m1/s1. The second kappa shape index (κ2) is 10.6. The number of benzene rings is 1. The Kier molecular flexibility index (Phi) is 7.34. The molecule has 2 fully saturated rings. The molecule has 4 heterocycles. The number of aliphatic hydroxyl groups is 1. The molecule has 1 aromatic heterocycles. The van der Waals surface area contributed by atoms with E-state index in [2.05, 4.69) is 39.4 Å². The van der Waals surface area contributed by atoms with E-state index >= 15 is 0 Å². The fourth-order valence-electron chi connectivity index (χ4n) is 5.35. The van der Waals surface area contributed by atoms with E-state index in [0.29, 0.717) is 32.4 Å². The average molecular weight is 501 g/mol. The Morgan fingerprint density at radius 3 is 2.50 bits per heavy atom. The number of nitrogens with zero attached hydrogens (tertiary/aromatic N) is 6. The van der Waals surface area contributed by atoms with E-state index in [4.69, 9.17) is 0 Å². The van der Waals surface area contributed by atoms with Crippen molar-refractivity contribution in [2.75, 3.05) is 31.2 Å². The number of aromatic nitrogens is 2. The zero-order valence-electron chi connectivity index (χ0n) is 20.4. The molecule has 2 atom stereocenters. The van der Waals surface area contributed by atoms with E-state index in [9.17, 15) is 18.7 Å². The van der Waals surface area contributed by atoms with Gasteiger partial charge in [-0.1, -0.05) is 12.1 Å². The van der Waals surface area contributed by atoms with Gasteiger partial charge in [0.2, 0.25) is 5.91 Å². The van der Waals surface area contributed by atoms with E-state index in [1.807, 2.05) is 11.2 Å². The predicted molar refractivity (Wildman–Crippen MR) is 133 cm³/mol. The molecular weight excluding hydrogens is 466 g/mol. The summed E-state index contributed by atoms with van der Waals surface area (Å²) in [6.45, 7) is 4.01. The van der Waals surface area contributed by atoms with Crippen LogP contribution in [0.2, 0.25) is 0 Å². The quantitative estimate of drug-likeness (QED) is 0.572. The lowest BCUT2D eigenvalue weighted by Crippen LogP contribution is -2.49. The van der Waals surface area contributed by atoms with Crippen molar-refractivity contribution in [3.8, 4) is 0 Å². The van der Waals surface area contributed by atoms with Gasteiger partial charge >= 0.3 is 0 Å². The molecule has 10 heteroatoms. The van der Waals surface area contributed by atoms with Gasteiger partial charge in [-0.15, -0.1) is 0 Å². The summed E-state index contributed by atoms with van der Waals surface area (Å²) >= 11 is 0. The summed E-state index contributed by atoms with van der Waals surface area (Å²) in [6, 6.07) is 8.81. The summed E-state index contributed by atoms with van der Waals surface area (Å²) < 4.78 is 28.2. The van der Waals surface area contributed by atoms with Gasteiger partial charge in [-0.25, -0.2) is 8.78 Å². The summed E-state index contributed by atoms with van der Waals surface area (Å²) in [5.74, 6) is -0.331. The monoisotopic (exact) mass is 500 g/mol. The lowest BCUT2D eigenvalue weighted by atomic mass is 9.84. The van der Waals surface area contributed by atoms with Crippen molar-refractivity contribution >= 4 is 17.8 Å². The first-order valence-electron chi connectivity index (χ1n) is 12.8. The molecule has 36 heavy (non-hydrogen) atoms. The molecule has 1 aromatic carbocycles. The zero-order chi connectivity index (χ0) is 25.1. The van der Waals surface area contributed by atoms with E-state index in [1.54, 1.807) is 11.0 Å². The predicted octanol–water partition coefficient (Wildman–Crippen LogP) is 3.29. The first-order chi connectivity index (χ1) is 17.4. The molecule has 2 saturated heterocycles. The highest BCUT2D eigenvalue weighted by atomic mass is 19.3. The number of carbonyl (C=O) groups excluding carboxylic acids is 1. The van der Waals surface area contributed by atoms with Crippen LogP contribution in [0.25, 0.3) is 0 Å². The summed E-state index contributed by atoms with van der Waals surface area (Å²) in [4.78, 5) is 16.8. The van der Waals surface area contributed by atoms with Gasteiger partial charge in [-0.2, -0.15) is 10.2 Å². The van der Waals surface area contributed by atoms with Gasteiger partial charge in [-0.05, 0) is 62.5 Å². The normalized spacial score (nSPS) is 22.7. The second-order valence-electron chi connectivity index (χ2n) is 10.2. The minimum absolute atomic E-state index is 0.0431. The van der Waals surface area contributed by atoms with E-state index in [1.165, 1.54) is 37.5 Å². The molecule has 0 spiro atoms. The fraction of sp³-hybridized carbons (Fsp3) is 0.577. The highest BCUT2D eigenvalue weighted by molar-refractivity contribution is 5.76. The van der Waals surface area contributed by atoms with Crippen LogP contribution >= 0.6 is 0 Å². The minimum atomic E-state index is -2.69. The van der Waals surface area contributed by atoms with Crippen molar-refractivity contribution in [3.63, 3.8) is 0 Å². The largest absolute Gasteiger partial charge is 0.390 e. The van der Waals surface area contributed by atoms with Crippen molar-refractivity contribution in [1.82, 2.24) is 19.6 Å². The molecule has 0 radical (unpaired) electrons. The van der Waals surface area contributed by atoms with Gasteiger partial charge in [-0.3, -0.25) is 19.4 Å².